The van der Waals surface area contributed by atoms with E-state index in [9.17, 15) is 10.1 Å². The number of hydrogen-bond acceptors (Lipinski definition) is 5. The van der Waals surface area contributed by atoms with Gasteiger partial charge in [-0.1, -0.05) is 18.2 Å². The summed E-state index contributed by atoms with van der Waals surface area (Å²) >= 11 is 0. The fourth-order valence-corrected chi connectivity index (χ4v) is 2.63. The van der Waals surface area contributed by atoms with Crippen LogP contribution in [0.1, 0.15) is 12.0 Å². The number of fused-ring (bicyclic) bond motifs is 1. The van der Waals surface area contributed by atoms with Crippen molar-refractivity contribution in [1.82, 2.24) is 9.55 Å². The first-order valence-corrected chi connectivity index (χ1v) is 6.89. The molecule has 1 aromatic carbocycles. The number of anilines is 2. The van der Waals surface area contributed by atoms with Crippen LogP contribution in [0.5, 0.6) is 0 Å². The predicted octanol–water partition coefficient (Wildman–Crippen LogP) is 2.17. The van der Waals surface area contributed by atoms with Crippen molar-refractivity contribution in [2.24, 2.45) is 7.05 Å². The van der Waals surface area contributed by atoms with Gasteiger partial charge in [0.25, 0.3) is 0 Å². The van der Waals surface area contributed by atoms with Crippen LogP contribution in [0.15, 0.2) is 30.6 Å². The van der Waals surface area contributed by atoms with Crippen molar-refractivity contribution in [2.75, 3.05) is 17.2 Å². The largest absolute Gasteiger partial charge is 0.406 e. The molecule has 2 heterocycles. The smallest absolute Gasteiger partial charge is 0.380 e. The molecule has 21 heavy (non-hydrogen) atoms. The van der Waals surface area contributed by atoms with Crippen LogP contribution < -0.4 is 10.6 Å². The summed E-state index contributed by atoms with van der Waals surface area (Å²) in [6.07, 6.45) is 3.46. The molecule has 3 rings (SSSR count). The Hall–Kier alpha value is -2.57. The molecule has 1 aliphatic rings. The highest BCUT2D eigenvalue weighted by Crippen LogP contribution is 2.25. The Morgan fingerprint density at radius 1 is 1.52 bits per heavy atom. The van der Waals surface area contributed by atoms with E-state index in [4.69, 9.17) is 0 Å². The van der Waals surface area contributed by atoms with Crippen LogP contribution in [0.4, 0.5) is 17.3 Å². The Morgan fingerprint density at radius 2 is 2.33 bits per heavy atom. The molecule has 0 fully saturated rings. The Morgan fingerprint density at radius 3 is 3.14 bits per heavy atom. The second kappa shape index (κ2) is 5.43. The maximum atomic E-state index is 10.9. The molecule has 1 aromatic heterocycles. The molecule has 0 radical (unpaired) electrons. The number of rotatable bonds is 4. The molecular weight excluding hydrogens is 270 g/mol. The third-order valence-corrected chi connectivity index (χ3v) is 3.75. The maximum absolute atomic E-state index is 10.9. The van der Waals surface area contributed by atoms with Crippen LogP contribution in [-0.2, 0) is 13.5 Å². The van der Waals surface area contributed by atoms with Crippen molar-refractivity contribution >= 4 is 17.3 Å². The second-order valence-electron chi connectivity index (χ2n) is 5.20. The number of aryl methyl sites for hydroxylation is 2. The van der Waals surface area contributed by atoms with E-state index in [1.54, 1.807) is 11.6 Å². The topological polar surface area (TPSA) is 85.0 Å². The molecule has 2 N–H and O–H groups in total. The molecule has 0 amide bonds. The summed E-state index contributed by atoms with van der Waals surface area (Å²) in [4.78, 5) is 14.3. The lowest BCUT2D eigenvalue weighted by Crippen LogP contribution is -2.32. The van der Waals surface area contributed by atoms with Gasteiger partial charge in [0.2, 0.25) is 12.1 Å². The monoisotopic (exact) mass is 287 g/mol. The SMILES string of the molecule is Cn1cnc([N+](=O)[O-])c1NC[C@@H]1CCc2ccccc2N1. The Kier molecular flexibility index (Phi) is 3.47. The maximum Gasteiger partial charge on any atom is 0.406 e. The van der Waals surface area contributed by atoms with Gasteiger partial charge in [-0.3, -0.25) is 4.57 Å². The van der Waals surface area contributed by atoms with E-state index in [1.807, 2.05) is 12.1 Å². The highest BCUT2D eigenvalue weighted by molar-refractivity contribution is 5.55. The quantitative estimate of drug-likeness (QED) is 0.665. The molecule has 0 aliphatic carbocycles. The van der Waals surface area contributed by atoms with E-state index < -0.39 is 4.92 Å². The lowest BCUT2D eigenvalue weighted by atomic mass is 9.98. The second-order valence-corrected chi connectivity index (χ2v) is 5.20. The zero-order chi connectivity index (χ0) is 14.8. The summed E-state index contributed by atoms with van der Waals surface area (Å²) in [5.74, 6) is 0.314. The minimum absolute atomic E-state index is 0.131. The minimum atomic E-state index is -0.466. The van der Waals surface area contributed by atoms with Crippen LogP contribution in [0, 0.1) is 10.1 Å². The molecule has 2 aromatic rings. The molecule has 7 nitrogen and oxygen atoms in total. The molecule has 0 saturated heterocycles. The number of nitro groups is 1. The first kappa shape index (κ1) is 13.4. The molecular formula is C14H17N5O2. The summed E-state index contributed by atoms with van der Waals surface area (Å²) < 4.78 is 1.63. The van der Waals surface area contributed by atoms with Crippen LogP contribution in [0.25, 0.3) is 0 Å². The third kappa shape index (κ3) is 2.67. The molecule has 7 heteroatoms. The number of aromatic nitrogens is 2. The Labute approximate surface area is 122 Å². The average Bonchev–Trinajstić information content (AvgIpc) is 2.86. The van der Waals surface area contributed by atoms with Gasteiger partial charge in [0.15, 0.2) is 0 Å². The van der Waals surface area contributed by atoms with Crippen molar-refractivity contribution in [3.63, 3.8) is 0 Å². The highest BCUT2D eigenvalue weighted by Gasteiger charge is 2.22. The van der Waals surface area contributed by atoms with Crippen molar-refractivity contribution in [1.29, 1.82) is 0 Å². The molecule has 110 valence electrons. The zero-order valence-electron chi connectivity index (χ0n) is 11.7. The number of benzene rings is 1. The van der Waals surface area contributed by atoms with Gasteiger partial charge in [-0.25, -0.2) is 0 Å². The Bertz CT molecular complexity index is 667. The zero-order valence-corrected chi connectivity index (χ0v) is 11.7. The number of nitrogens with zero attached hydrogens (tertiary/aromatic N) is 3. The highest BCUT2D eigenvalue weighted by atomic mass is 16.6. The summed E-state index contributed by atoms with van der Waals surface area (Å²) in [5, 5.41) is 17.5. The van der Waals surface area contributed by atoms with E-state index in [1.165, 1.54) is 11.9 Å². The van der Waals surface area contributed by atoms with Gasteiger partial charge in [0, 0.05) is 25.3 Å². The van der Waals surface area contributed by atoms with Gasteiger partial charge < -0.3 is 20.7 Å². The van der Waals surface area contributed by atoms with Gasteiger partial charge in [-0.2, -0.15) is 0 Å². The first-order chi connectivity index (χ1) is 10.1. The van der Waals surface area contributed by atoms with Gasteiger partial charge in [-0.05, 0) is 34.4 Å². The van der Waals surface area contributed by atoms with Crippen LogP contribution in [0.3, 0.4) is 0 Å². The van der Waals surface area contributed by atoms with Crippen molar-refractivity contribution in [3.05, 3.63) is 46.3 Å². The normalized spacial score (nSPS) is 16.9. The summed E-state index contributed by atoms with van der Waals surface area (Å²) in [6, 6.07) is 8.48. The summed E-state index contributed by atoms with van der Waals surface area (Å²) in [5.41, 5.74) is 2.47. The number of hydrogen-bond donors (Lipinski definition) is 2. The van der Waals surface area contributed by atoms with Crippen molar-refractivity contribution in [3.8, 4) is 0 Å². The summed E-state index contributed by atoms with van der Waals surface area (Å²) in [6.45, 7) is 0.620. The lowest BCUT2D eigenvalue weighted by Gasteiger charge is -2.27. The van der Waals surface area contributed by atoms with Gasteiger partial charge >= 0.3 is 5.82 Å². The predicted molar refractivity (Wildman–Crippen MR) is 80.5 cm³/mol. The van der Waals surface area contributed by atoms with Crippen molar-refractivity contribution < 1.29 is 4.92 Å². The van der Waals surface area contributed by atoms with E-state index in [2.05, 4.69) is 27.8 Å². The number of nitrogens with one attached hydrogen (secondary N) is 2. The first-order valence-electron chi connectivity index (χ1n) is 6.89. The van der Waals surface area contributed by atoms with Crippen LogP contribution in [0.2, 0.25) is 0 Å². The average molecular weight is 287 g/mol. The molecule has 0 saturated carbocycles. The fourth-order valence-electron chi connectivity index (χ4n) is 2.63. The van der Waals surface area contributed by atoms with Gasteiger partial charge in [0.05, 0.1) is 0 Å². The molecule has 0 bridgehead atoms. The number of para-hydroxylation sites is 1. The molecule has 1 atom stereocenters. The third-order valence-electron chi connectivity index (χ3n) is 3.75. The Balaban J connectivity index is 1.67. The van der Waals surface area contributed by atoms with Crippen LogP contribution in [-0.4, -0.2) is 27.1 Å². The minimum Gasteiger partial charge on any atom is -0.380 e. The standard InChI is InChI=1S/C14H17N5O2/c1-18-9-16-14(19(20)21)13(18)15-8-11-7-6-10-4-2-3-5-12(10)17-11/h2-5,9,11,15,17H,6-8H2,1H3/t11-/m0/s1. The molecule has 1 aliphatic heterocycles. The number of imidazole rings is 1. The molecule has 0 spiro atoms. The fraction of sp³-hybridized carbons (Fsp3) is 0.357. The lowest BCUT2D eigenvalue weighted by molar-refractivity contribution is -0.388. The van der Waals surface area contributed by atoms with E-state index in [0.717, 1.165) is 18.5 Å². The molecule has 0 unspecified atom stereocenters. The van der Waals surface area contributed by atoms with Gasteiger partial charge in [0.1, 0.15) is 0 Å². The summed E-state index contributed by atoms with van der Waals surface area (Å²) in [7, 11) is 1.74. The van der Waals surface area contributed by atoms with E-state index in [0.29, 0.717) is 12.4 Å². The van der Waals surface area contributed by atoms with Gasteiger partial charge in [-0.15, -0.1) is 0 Å². The van der Waals surface area contributed by atoms with E-state index >= 15 is 0 Å². The van der Waals surface area contributed by atoms with Crippen LogP contribution >= 0.6 is 0 Å². The van der Waals surface area contributed by atoms with E-state index in [-0.39, 0.29) is 11.9 Å². The van der Waals surface area contributed by atoms with Crippen molar-refractivity contribution in [2.45, 2.75) is 18.9 Å².